The van der Waals surface area contributed by atoms with Crippen LogP contribution in [-0.2, 0) is 6.54 Å². The number of amides is 1. The number of aryl methyl sites for hydroxylation is 1. The molecule has 1 amide bonds. The van der Waals surface area contributed by atoms with E-state index in [9.17, 15) is 4.79 Å². The third-order valence-electron chi connectivity index (χ3n) is 5.12. The van der Waals surface area contributed by atoms with Gasteiger partial charge in [-0.25, -0.2) is 9.97 Å². The molecule has 1 fully saturated rings. The summed E-state index contributed by atoms with van der Waals surface area (Å²) in [5.41, 5.74) is 2.19. The normalized spacial score (nSPS) is 16.6. The van der Waals surface area contributed by atoms with Crippen LogP contribution >= 0.6 is 22.9 Å². The average Bonchev–Trinajstić information content (AvgIpc) is 3.41. The molecular weight excluding hydrogens is 432 g/mol. The summed E-state index contributed by atoms with van der Waals surface area (Å²) in [4.78, 5) is 24.6. The van der Waals surface area contributed by atoms with Crippen LogP contribution < -0.4 is 10.6 Å². The van der Waals surface area contributed by atoms with E-state index in [1.54, 1.807) is 5.38 Å². The maximum atomic E-state index is 12.4. The summed E-state index contributed by atoms with van der Waals surface area (Å²) in [6, 6.07) is 8.12. The molecule has 0 saturated carbocycles. The maximum Gasteiger partial charge on any atom is 0.271 e. The van der Waals surface area contributed by atoms with Crippen molar-refractivity contribution in [2.24, 2.45) is 0 Å². The molecule has 4 heterocycles. The van der Waals surface area contributed by atoms with Crippen molar-refractivity contribution in [1.82, 2.24) is 29.8 Å². The molecule has 0 aromatic carbocycles. The first-order valence-electron chi connectivity index (χ1n) is 9.97. The fourth-order valence-corrected chi connectivity index (χ4v) is 4.77. The van der Waals surface area contributed by atoms with Crippen LogP contribution in [0.2, 0.25) is 0 Å². The molecule has 1 saturated heterocycles. The maximum absolute atomic E-state index is 12.4. The number of carbonyl (C=O) groups is 1. The van der Waals surface area contributed by atoms with Crippen molar-refractivity contribution in [3.8, 4) is 6.07 Å². The van der Waals surface area contributed by atoms with Gasteiger partial charge in [0.15, 0.2) is 5.13 Å². The molecule has 1 aliphatic heterocycles. The summed E-state index contributed by atoms with van der Waals surface area (Å²) < 4.78 is 3.87. The largest absolute Gasteiger partial charge is 0.346 e. The number of hydrogen-bond acceptors (Lipinski definition) is 10. The van der Waals surface area contributed by atoms with E-state index in [0.717, 1.165) is 42.2 Å². The third kappa shape index (κ3) is 5.41. The van der Waals surface area contributed by atoms with Crippen molar-refractivity contribution in [1.29, 1.82) is 5.26 Å². The second-order valence-electron chi connectivity index (χ2n) is 7.31. The first kappa shape index (κ1) is 21.3. The summed E-state index contributed by atoms with van der Waals surface area (Å²) >= 11 is 2.63. The number of carbonyl (C=O) groups excluding carboxylic acids is 1. The van der Waals surface area contributed by atoms with Gasteiger partial charge in [-0.15, -0.1) is 16.4 Å². The highest BCUT2D eigenvalue weighted by atomic mass is 32.1. The Morgan fingerprint density at radius 1 is 1.39 bits per heavy atom. The van der Waals surface area contributed by atoms with E-state index in [2.05, 4.69) is 36.2 Å². The van der Waals surface area contributed by atoms with Crippen LogP contribution in [0, 0.1) is 18.3 Å². The standard InChI is InChI=1S/C20H22N8OS2/c1-13-17(31-27-26-13)10-22-19(29)16-12-30-20(24-16)25-18-6-2-5-15(23-18)14-4-3-8-28(11-14)9-7-21/h2,5-6,12,14H,3-4,8-11H2,1H3,(H,22,29)(H,23,24,25). The number of hydrogen-bond donors (Lipinski definition) is 2. The van der Waals surface area contributed by atoms with Gasteiger partial charge in [0.1, 0.15) is 11.5 Å². The lowest BCUT2D eigenvalue weighted by atomic mass is 9.94. The van der Waals surface area contributed by atoms with Crippen molar-refractivity contribution in [2.75, 3.05) is 25.0 Å². The molecule has 3 aromatic heterocycles. The van der Waals surface area contributed by atoms with Gasteiger partial charge in [0.25, 0.3) is 5.91 Å². The van der Waals surface area contributed by atoms with Gasteiger partial charge in [0.2, 0.25) is 0 Å². The van der Waals surface area contributed by atoms with Gasteiger partial charge in [-0.2, -0.15) is 5.26 Å². The second-order valence-corrected chi connectivity index (χ2v) is 9.00. The number of aromatic nitrogens is 4. The molecule has 11 heteroatoms. The molecule has 9 nitrogen and oxygen atoms in total. The van der Waals surface area contributed by atoms with Gasteiger partial charge >= 0.3 is 0 Å². The number of pyridine rings is 1. The minimum atomic E-state index is -0.237. The number of piperidine rings is 1. The number of rotatable bonds is 7. The molecule has 1 unspecified atom stereocenters. The first-order valence-corrected chi connectivity index (χ1v) is 11.6. The van der Waals surface area contributed by atoms with Gasteiger partial charge in [-0.3, -0.25) is 9.69 Å². The number of nitriles is 1. The summed E-state index contributed by atoms with van der Waals surface area (Å²) in [7, 11) is 0. The molecule has 31 heavy (non-hydrogen) atoms. The van der Waals surface area contributed by atoms with E-state index in [4.69, 9.17) is 10.2 Å². The van der Waals surface area contributed by atoms with Gasteiger partial charge in [0, 0.05) is 23.5 Å². The summed E-state index contributed by atoms with van der Waals surface area (Å²) in [5.74, 6) is 0.771. The van der Waals surface area contributed by atoms with Crippen LogP contribution in [0.15, 0.2) is 23.6 Å². The lowest BCUT2D eigenvalue weighted by molar-refractivity contribution is 0.0947. The van der Waals surface area contributed by atoms with Crippen molar-refractivity contribution in [3.63, 3.8) is 0 Å². The Bertz CT molecular complexity index is 1090. The number of nitrogens with one attached hydrogen (secondary N) is 2. The summed E-state index contributed by atoms with van der Waals surface area (Å²) in [6.07, 6.45) is 2.13. The van der Waals surface area contributed by atoms with Crippen molar-refractivity contribution >= 4 is 39.7 Å². The van der Waals surface area contributed by atoms with Crippen molar-refractivity contribution in [3.05, 3.63) is 45.5 Å². The number of nitrogens with zero attached hydrogens (tertiary/aromatic N) is 6. The fourth-order valence-electron chi connectivity index (χ4n) is 3.50. The molecule has 0 spiro atoms. The zero-order valence-corrected chi connectivity index (χ0v) is 18.7. The van der Waals surface area contributed by atoms with E-state index in [1.807, 2.05) is 25.1 Å². The molecular formula is C20H22N8OS2. The second kappa shape index (κ2) is 9.91. The molecule has 3 aromatic rings. The predicted molar refractivity (Wildman–Crippen MR) is 119 cm³/mol. The number of thiazole rings is 1. The Labute approximate surface area is 188 Å². The van der Waals surface area contributed by atoms with Gasteiger partial charge in [0.05, 0.1) is 29.7 Å². The van der Waals surface area contributed by atoms with Gasteiger partial charge in [-0.1, -0.05) is 10.6 Å². The molecule has 2 N–H and O–H groups in total. The molecule has 0 radical (unpaired) electrons. The first-order chi connectivity index (χ1) is 15.1. The Morgan fingerprint density at radius 3 is 3.10 bits per heavy atom. The quantitative estimate of drug-likeness (QED) is 0.523. The molecule has 4 rings (SSSR count). The Kier molecular flexibility index (Phi) is 6.81. The van der Waals surface area contributed by atoms with Crippen LogP contribution in [0.3, 0.4) is 0 Å². The van der Waals surface area contributed by atoms with E-state index in [0.29, 0.717) is 35.7 Å². The lowest BCUT2D eigenvalue weighted by Crippen LogP contribution is -2.34. The zero-order chi connectivity index (χ0) is 21.6. The average molecular weight is 455 g/mol. The van der Waals surface area contributed by atoms with Gasteiger partial charge in [-0.05, 0) is 50.0 Å². The predicted octanol–water partition coefficient (Wildman–Crippen LogP) is 3.07. The van der Waals surface area contributed by atoms with Crippen molar-refractivity contribution < 1.29 is 4.79 Å². The highest BCUT2D eigenvalue weighted by Crippen LogP contribution is 2.27. The monoisotopic (exact) mass is 454 g/mol. The van der Waals surface area contributed by atoms with Crippen LogP contribution in [0.1, 0.15) is 45.5 Å². The zero-order valence-electron chi connectivity index (χ0n) is 17.0. The lowest BCUT2D eigenvalue weighted by Gasteiger charge is -2.30. The van der Waals surface area contributed by atoms with Crippen LogP contribution in [0.25, 0.3) is 0 Å². The van der Waals surface area contributed by atoms with E-state index >= 15 is 0 Å². The van der Waals surface area contributed by atoms with E-state index in [1.165, 1.54) is 22.9 Å². The number of likely N-dealkylation sites (tertiary alicyclic amines) is 1. The summed E-state index contributed by atoms with van der Waals surface area (Å²) in [6.45, 7) is 4.52. The Hall–Kier alpha value is -2.94. The van der Waals surface area contributed by atoms with Crippen LogP contribution in [-0.4, -0.2) is 50.0 Å². The van der Waals surface area contributed by atoms with Crippen molar-refractivity contribution in [2.45, 2.75) is 32.2 Å². The van der Waals surface area contributed by atoms with E-state index < -0.39 is 0 Å². The number of anilines is 2. The SMILES string of the molecule is Cc1nnsc1CNC(=O)c1csc(Nc2cccc(C3CCCN(CC#N)C3)n2)n1. The third-order valence-corrected chi connectivity index (χ3v) is 6.70. The minimum Gasteiger partial charge on any atom is -0.346 e. The minimum absolute atomic E-state index is 0.237. The van der Waals surface area contributed by atoms with Crippen LogP contribution in [0.5, 0.6) is 0 Å². The van der Waals surface area contributed by atoms with E-state index in [-0.39, 0.29) is 5.91 Å². The Balaban J connectivity index is 1.37. The smallest absolute Gasteiger partial charge is 0.271 e. The summed E-state index contributed by atoms with van der Waals surface area (Å²) in [5, 5.41) is 21.3. The van der Waals surface area contributed by atoms with Crippen LogP contribution in [0.4, 0.5) is 10.9 Å². The topological polar surface area (TPSA) is 120 Å². The molecule has 0 aliphatic carbocycles. The molecule has 1 atom stereocenters. The molecule has 160 valence electrons. The fraction of sp³-hybridized carbons (Fsp3) is 0.400. The molecule has 1 aliphatic rings. The Morgan fingerprint density at radius 2 is 2.29 bits per heavy atom. The molecule has 0 bridgehead atoms. The highest BCUT2D eigenvalue weighted by molar-refractivity contribution is 7.14. The van der Waals surface area contributed by atoms with Gasteiger partial charge < -0.3 is 10.6 Å². The highest BCUT2D eigenvalue weighted by Gasteiger charge is 2.22.